The Kier molecular flexibility index (Phi) is 5.48. The van der Waals surface area contributed by atoms with Gasteiger partial charge in [0, 0.05) is 36.4 Å². The van der Waals surface area contributed by atoms with Gasteiger partial charge in [-0.15, -0.1) is 11.3 Å². The van der Waals surface area contributed by atoms with Crippen LogP contribution in [-0.4, -0.2) is 32.8 Å². The number of anilines is 3. The van der Waals surface area contributed by atoms with Crippen LogP contribution in [0.15, 0.2) is 33.9 Å². The largest absolute Gasteiger partial charge is 0.467 e. The molecule has 1 fully saturated rings. The van der Waals surface area contributed by atoms with Gasteiger partial charge < -0.3 is 15.0 Å². The maximum absolute atomic E-state index is 12.9. The van der Waals surface area contributed by atoms with E-state index in [0.29, 0.717) is 21.5 Å². The molecule has 2 aliphatic rings. The summed E-state index contributed by atoms with van der Waals surface area (Å²) in [6.45, 7) is 3.86. The van der Waals surface area contributed by atoms with Gasteiger partial charge in [0.05, 0.1) is 5.69 Å². The van der Waals surface area contributed by atoms with Gasteiger partial charge in [0.15, 0.2) is 0 Å². The number of benzene rings is 1. The fourth-order valence-electron chi connectivity index (χ4n) is 3.68. The van der Waals surface area contributed by atoms with Crippen molar-refractivity contribution in [2.24, 2.45) is 0 Å². The predicted molar refractivity (Wildman–Crippen MR) is 118 cm³/mol. The standard InChI is InChI=1S/C19H23N3O3S3/c1-13-10-15-16(20-19(26)25-13)11-14(22-7-3-2-4-8-22)12-17(15)21-28(23,24)18-6-5-9-27-18/h5-6,9,11-13,21H,2-4,7-8,10H2,1H3,(H,20,26). The lowest BCUT2D eigenvalue weighted by atomic mass is 10.0. The van der Waals surface area contributed by atoms with Crippen LogP contribution in [0.1, 0.15) is 31.7 Å². The zero-order valence-corrected chi connectivity index (χ0v) is 18.1. The van der Waals surface area contributed by atoms with E-state index in [0.717, 1.165) is 42.9 Å². The highest BCUT2D eigenvalue weighted by atomic mass is 32.2. The van der Waals surface area contributed by atoms with Crippen molar-refractivity contribution in [3.63, 3.8) is 0 Å². The summed E-state index contributed by atoms with van der Waals surface area (Å²) in [6.07, 6.45) is 3.92. The second-order valence-electron chi connectivity index (χ2n) is 7.15. The van der Waals surface area contributed by atoms with E-state index in [9.17, 15) is 8.42 Å². The van der Waals surface area contributed by atoms with Crippen molar-refractivity contribution in [1.29, 1.82) is 0 Å². The molecule has 0 spiro atoms. The van der Waals surface area contributed by atoms with E-state index in [-0.39, 0.29) is 6.10 Å². The van der Waals surface area contributed by atoms with Gasteiger partial charge in [-0.3, -0.25) is 4.72 Å². The van der Waals surface area contributed by atoms with E-state index >= 15 is 0 Å². The molecule has 9 heteroatoms. The molecule has 2 aliphatic heterocycles. The van der Waals surface area contributed by atoms with Crippen LogP contribution in [0.3, 0.4) is 0 Å². The van der Waals surface area contributed by atoms with Crippen molar-refractivity contribution in [1.82, 2.24) is 0 Å². The lowest BCUT2D eigenvalue weighted by molar-refractivity contribution is 0.217. The molecule has 0 bridgehead atoms. The van der Waals surface area contributed by atoms with Crippen LogP contribution in [0.4, 0.5) is 17.1 Å². The number of sulfonamides is 1. The van der Waals surface area contributed by atoms with Crippen molar-refractivity contribution < 1.29 is 13.2 Å². The second-order valence-corrected chi connectivity index (χ2v) is 10.4. The summed E-state index contributed by atoms with van der Waals surface area (Å²) in [5, 5.41) is 5.22. The van der Waals surface area contributed by atoms with Crippen molar-refractivity contribution >= 4 is 55.8 Å². The molecular weight excluding hydrogens is 414 g/mol. The Morgan fingerprint density at radius 2 is 2.07 bits per heavy atom. The average molecular weight is 438 g/mol. The average Bonchev–Trinajstić information content (AvgIpc) is 3.15. The van der Waals surface area contributed by atoms with E-state index in [1.807, 2.05) is 13.0 Å². The van der Waals surface area contributed by atoms with Gasteiger partial charge in [0.2, 0.25) is 0 Å². The van der Waals surface area contributed by atoms with Gasteiger partial charge in [-0.05, 0) is 62.0 Å². The summed E-state index contributed by atoms with van der Waals surface area (Å²) in [5.74, 6) is 0. The number of thiocarbonyl (C=S) groups is 1. The van der Waals surface area contributed by atoms with Crippen LogP contribution < -0.4 is 14.9 Å². The number of thiophene rings is 1. The first-order valence-corrected chi connectivity index (χ1v) is 12.2. The summed E-state index contributed by atoms with van der Waals surface area (Å²) in [7, 11) is -3.65. The number of fused-ring (bicyclic) bond motifs is 1. The first-order valence-electron chi connectivity index (χ1n) is 9.38. The molecule has 3 heterocycles. The third-order valence-electron chi connectivity index (χ3n) is 5.00. The Morgan fingerprint density at radius 3 is 2.79 bits per heavy atom. The van der Waals surface area contributed by atoms with Crippen LogP contribution in [-0.2, 0) is 21.2 Å². The Morgan fingerprint density at radius 1 is 1.29 bits per heavy atom. The van der Waals surface area contributed by atoms with E-state index < -0.39 is 10.0 Å². The molecular formula is C19H23N3O3S3. The van der Waals surface area contributed by atoms with Crippen LogP contribution in [0.2, 0.25) is 0 Å². The van der Waals surface area contributed by atoms with Crippen molar-refractivity contribution in [2.45, 2.75) is 42.9 Å². The highest BCUT2D eigenvalue weighted by molar-refractivity contribution is 7.94. The minimum atomic E-state index is -3.65. The number of rotatable bonds is 4. The number of nitrogens with one attached hydrogen (secondary N) is 2. The van der Waals surface area contributed by atoms with E-state index in [1.165, 1.54) is 17.8 Å². The highest BCUT2D eigenvalue weighted by Crippen LogP contribution is 2.36. The second kappa shape index (κ2) is 7.88. The molecule has 2 aromatic rings. The number of ether oxygens (including phenoxy) is 1. The molecule has 4 rings (SSSR count). The summed E-state index contributed by atoms with van der Waals surface area (Å²) in [4.78, 5) is 2.30. The number of hydrogen-bond donors (Lipinski definition) is 2. The van der Waals surface area contributed by atoms with Crippen molar-refractivity contribution in [2.75, 3.05) is 28.0 Å². The minimum absolute atomic E-state index is 0.146. The Hall–Kier alpha value is -1.84. The molecule has 1 atom stereocenters. The normalized spacial score (nSPS) is 20.0. The van der Waals surface area contributed by atoms with Gasteiger partial charge in [-0.2, -0.15) is 0 Å². The summed E-state index contributed by atoms with van der Waals surface area (Å²) in [6, 6.07) is 7.34. The molecule has 0 saturated carbocycles. The Bertz CT molecular complexity index is 968. The van der Waals surface area contributed by atoms with Gasteiger partial charge in [-0.1, -0.05) is 6.07 Å². The molecule has 1 aromatic heterocycles. The molecule has 1 aromatic carbocycles. The van der Waals surface area contributed by atoms with Crippen LogP contribution in [0.5, 0.6) is 0 Å². The third kappa shape index (κ3) is 4.11. The zero-order chi connectivity index (χ0) is 19.7. The zero-order valence-electron chi connectivity index (χ0n) is 15.6. The Balaban J connectivity index is 1.78. The SMILES string of the molecule is CC1Cc2c(cc(N3CCCCC3)cc2NS(=O)(=O)c2cccs2)NC(=S)O1. The lowest BCUT2D eigenvalue weighted by Gasteiger charge is -2.30. The fourth-order valence-corrected chi connectivity index (χ4v) is 6.03. The predicted octanol–water partition coefficient (Wildman–Crippen LogP) is 4.20. The molecule has 2 N–H and O–H groups in total. The Labute approximate surface area is 174 Å². The van der Waals surface area contributed by atoms with Gasteiger partial charge >= 0.3 is 0 Å². The number of piperidine rings is 1. The van der Waals surface area contributed by atoms with E-state index in [2.05, 4.69) is 21.0 Å². The molecule has 0 radical (unpaired) electrons. The van der Waals surface area contributed by atoms with Crippen molar-refractivity contribution in [3.05, 3.63) is 35.2 Å². The minimum Gasteiger partial charge on any atom is -0.467 e. The van der Waals surface area contributed by atoms with Gasteiger partial charge in [0.25, 0.3) is 15.2 Å². The summed E-state index contributed by atoms with van der Waals surface area (Å²) >= 11 is 6.48. The molecule has 0 aliphatic carbocycles. The quantitative estimate of drug-likeness (QED) is 0.699. The van der Waals surface area contributed by atoms with E-state index in [1.54, 1.807) is 17.5 Å². The lowest BCUT2D eigenvalue weighted by Crippen LogP contribution is -2.29. The van der Waals surface area contributed by atoms with Crippen LogP contribution in [0, 0.1) is 0 Å². The maximum atomic E-state index is 12.9. The molecule has 1 unspecified atom stereocenters. The van der Waals surface area contributed by atoms with Crippen LogP contribution in [0.25, 0.3) is 0 Å². The van der Waals surface area contributed by atoms with E-state index in [4.69, 9.17) is 17.0 Å². The van der Waals surface area contributed by atoms with Gasteiger partial charge in [0.1, 0.15) is 10.3 Å². The molecule has 28 heavy (non-hydrogen) atoms. The van der Waals surface area contributed by atoms with Crippen LogP contribution >= 0.6 is 23.6 Å². The van der Waals surface area contributed by atoms with Crippen molar-refractivity contribution in [3.8, 4) is 0 Å². The monoisotopic (exact) mass is 437 g/mol. The molecule has 6 nitrogen and oxygen atoms in total. The fraction of sp³-hybridized carbons (Fsp3) is 0.421. The first-order chi connectivity index (χ1) is 13.4. The maximum Gasteiger partial charge on any atom is 0.271 e. The summed E-state index contributed by atoms with van der Waals surface area (Å²) in [5.41, 5.74) is 3.25. The summed E-state index contributed by atoms with van der Waals surface area (Å²) < 4.78 is 34.5. The number of hydrogen-bond acceptors (Lipinski definition) is 6. The first kappa shape index (κ1) is 19.5. The smallest absolute Gasteiger partial charge is 0.271 e. The molecule has 150 valence electrons. The number of nitrogens with zero attached hydrogens (tertiary/aromatic N) is 1. The van der Waals surface area contributed by atoms with Gasteiger partial charge in [-0.25, -0.2) is 8.42 Å². The highest BCUT2D eigenvalue weighted by Gasteiger charge is 2.25. The molecule has 0 amide bonds. The molecule has 1 saturated heterocycles. The topological polar surface area (TPSA) is 70.7 Å². The third-order valence-corrected chi connectivity index (χ3v) is 7.96.